The van der Waals surface area contributed by atoms with E-state index >= 15 is 0 Å². The van der Waals surface area contributed by atoms with Crippen molar-refractivity contribution in [3.05, 3.63) is 16.5 Å². The van der Waals surface area contributed by atoms with Crippen molar-refractivity contribution in [1.82, 2.24) is 15.3 Å². The number of nitrogens with one attached hydrogen (secondary N) is 1. The number of aromatic nitrogens is 2. The van der Waals surface area contributed by atoms with E-state index < -0.39 is 0 Å². The Morgan fingerprint density at radius 2 is 2.32 bits per heavy atom. The summed E-state index contributed by atoms with van der Waals surface area (Å²) in [6.45, 7) is 4.76. The van der Waals surface area contributed by atoms with E-state index in [0.717, 1.165) is 24.3 Å². The Balaban J connectivity index is 2.07. The first-order valence-electron chi connectivity index (χ1n) is 6.36. The fraction of sp³-hybridized carbons (Fsp3) is 0.583. The number of fused-ring (bicyclic) bond motifs is 1. The fourth-order valence-electron chi connectivity index (χ4n) is 2.53. The molecule has 2 aliphatic heterocycles. The quantitative estimate of drug-likeness (QED) is 0.766. The summed E-state index contributed by atoms with van der Waals surface area (Å²) in [5.41, 5.74) is 1.29. The Hall–Kier alpha value is -1.40. The largest absolute Gasteiger partial charge is 0.377 e. The van der Waals surface area contributed by atoms with E-state index in [1.807, 2.05) is 0 Å². The molecule has 0 aromatic carbocycles. The highest BCUT2D eigenvalue weighted by molar-refractivity contribution is 6.28. The minimum Gasteiger partial charge on any atom is -0.377 e. The lowest BCUT2D eigenvalue weighted by atomic mass is 10.1. The Morgan fingerprint density at radius 3 is 3.11 bits per heavy atom. The number of rotatable bonds is 1. The van der Waals surface area contributed by atoms with Crippen LogP contribution in [0.25, 0.3) is 0 Å². The third-order valence-corrected chi connectivity index (χ3v) is 3.64. The second-order valence-electron chi connectivity index (χ2n) is 4.77. The maximum atomic E-state index is 11.9. The number of nitrogens with zero attached hydrogens (tertiary/aromatic N) is 3. The lowest BCUT2D eigenvalue weighted by Gasteiger charge is -2.36. The highest BCUT2D eigenvalue weighted by Crippen LogP contribution is 2.27. The molecule has 0 saturated carbocycles. The molecule has 0 spiro atoms. The SMILES string of the molecule is CC1COCCN1c1nc(Cl)nc2c1CCNC2=O. The Bertz CT molecular complexity index is 523. The van der Waals surface area contributed by atoms with Crippen molar-refractivity contribution < 1.29 is 9.53 Å². The number of carbonyl (C=O) groups excluding carboxylic acids is 1. The van der Waals surface area contributed by atoms with Gasteiger partial charge in [-0.05, 0) is 24.9 Å². The molecule has 1 atom stereocenters. The number of hydrogen-bond donors (Lipinski definition) is 1. The molecule has 2 aliphatic rings. The summed E-state index contributed by atoms with van der Waals surface area (Å²) in [7, 11) is 0. The average Bonchev–Trinajstić information content (AvgIpc) is 2.40. The van der Waals surface area contributed by atoms with Gasteiger partial charge in [0.1, 0.15) is 11.5 Å². The zero-order chi connectivity index (χ0) is 13.4. The number of anilines is 1. The van der Waals surface area contributed by atoms with Crippen LogP contribution in [0, 0.1) is 0 Å². The van der Waals surface area contributed by atoms with Crippen molar-refractivity contribution in [2.24, 2.45) is 0 Å². The van der Waals surface area contributed by atoms with Crippen molar-refractivity contribution in [2.75, 3.05) is 31.2 Å². The summed E-state index contributed by atoms with van der Waals surface area (Å²) in [5, 5.41) is 2.89. The molecule has 19 heavy (non-hydrogen) atoms. The van der Waals surface area contributed by atoms with Gasteiger partial charge in [0.25, 0.3) is 5.91 Å². The molecule has 6 nitrogen and oxygen atoms in total. The standard InChI is InChI=1S/C12H15ClN4O2/c1-7-6-19-5-4-17(7)10-8-2-3-14-11(18)9(8)15-12(13)16-10/h7H,2-6H2,1H3,(H,14,18). The molecule has 1 fully saturated rings. The molecule has 102 valence electrons. The zero-order valence-corrected chi connectivity index (χ0v) is 11.4. The molecule has 1 aromatic rings. The van der Waals surface area contributed by atoms with Gasteiger partial charge < -0.3 is 15.0 Å². The van der Waals surface area contributed by atoms with Crippen molar-refractivity contribution in [1.29, 1.82) is 0 Å². The van der Waals surface area contributed by atoms with Gasteiger partial charge in [0.15, 0.2) is 0 Å². The number of amides is 1. The summed E-state index contributed by atoms with van der Waals surface area (Å²) in [4.78, 5) is 22.4. The molecule has 0 bridgehead atoms. The van der Waals surface area contributed by atoms with Gasteiger partial charge in [-0.25, -0.2) is 9.97 Å². The third-order valence-electron chi connectivity index (χ3n) is 3.47. The molecular weight excluding hydrogens is 268 g/mol. The first-order valence-corrected chi connectivity index (χ1v) is 6.73. The summed E-state index contributed by atoms with van der Waals surface area (Å²) in [5.74, 6) is 0.605. The topological polar surface area (TPSA) is 67.3 Å². The normalized spacial score (nSPS) is 22.9. The molecule has 3 rings (SSSR count). The Morgan fingerprint density at radius 1 is 1.47 bits per heavy atom. The molecular formula is C12H15ClN4O2. The van der Waals surface area contributed by atoms with Crippen LogP contribution in [0.1, 0.15) is 23.0 Å². The van der Waals surface area contributed by atoms with Crippen LogP contribution in [0.3, 0.4) is 0 Å². The number of hydrogen-bond acceptors (Lipinski definition) is 5. The average molecular weight is 283 g/mol. The smallest absolute Gasteiger partial charge is 0.270 e. The number of halogens is 1. The third kappa shape index (κ3) is 2.26. The minimum atomic E-state index is -0.173. The van der Waals surface area contributed by atoms with Crippen LogP contribution in [-0.2, 0) is 11.2 Å². The van der Waals surface area contributed by atoms with Gasteiger partial charge in [-0.15, -0.1) is 0 Å². The molecule has 1 N–H and O–H groups in total. The van der Waals surface area contributed by atoms with Gasteiger partial charge in [-0.2, -0.15) is 0 Å². The molecule has 7 heteroatoms. The molecule has 1 unspecified atom stereocenters. The van der Waals surface area contributed by atoms with Gasteiger partial charge in [-0.1, -0.05) is 0 Å². The van der Waals surface area contributed by atoms with Crippen LogP contribution in [0.5, 0.6) is 0 Å². The Kier molecular flexibility index (Phi) is 3.28. The van der Waals surface area contributed by atoms with Crippen LogP contribution in [0.2, 0.25) is 5.28 Å². The molecule has 0 radical (unpaired) electrons. The highest BCUT2D eigenvalue weighted by Gasteiger charge is 2.29. The van der Waals surface area contributed by atoms with Crippen molar-refractivity contribution in [3.8, 4) is 0 Å². The summed E-state index contributed by atoms with van der Waals surface area (Å²) in [6.07, 6.45) is 0.734. The van der Waals surface area contributed by atoms with E-state index in [4.69, 9.17) is 16.3 Å². The zero-order valence-electron chi connectivity index (χ0n) is 10.6. The van der Waals surface area contributed by atoms with Crippen LogP contribution in [0.15, 0.2) is 0 Å². The van der Waals surface area contributed by atoms with Gasteiger partial charge in [-0.3, -0.25) is 4.79 Å². The van der Waals surface area contributed by atoms with E-state index in [9.17, 15) is 4.79 Å². The number of carbonyl (C=O) groups is 1. The van der Waals surface area contributed by atoms with Crippen molar-refractivity contribution in [2.45, 2.75) is 19.4 Å². The number of morpholine rings is 1. The molecule has 1 aromatic heterocycles. The molecule has 0 aliphatic carbocycles. The van der Waals surface area contributed by atoms with E-state index in [2.05, 4.69) is 27.1 Å². The van der Waals surface area contributed by atoms with Gasteiger partial charge in [0.05, 0.1) is 19.3 Å². The first kappa shape index (κ1) is 12.6. The van der Waals surface area contributed by atoms with Crippen LogP contribution in [-0.4, -0.2) is 48.2 Å². The summed E-state index contributed by atoms with van der Waals surface area (Å²) < 4.78 is 5.43. The van der Waals surface area contributed by atoms with Gasteiger partial charge in [0.2, 0.25) is 5.28 Å². The highest BCUT2D eigenvalue weighted by atomic mass is 35.5. The van der Waals surface area contributed by atoms with E-state index in [1.54, 1.807) is 0 Å². The summed E-state index contributed by atoms with van der Waals surface area (Å²) in [6, 6.07) is 0.216. The fourth-order valence-corrected chi connectivity index (χ4v) is 2.69. The van der Waals surface area contributed by atoms with E-state index in [-0.39, 0.29) is 17.2 Å². The second-order valence-corrected chi connectivity index (χ2v) is 5.10. The van der Waals surface area contributed by atoms with Gasteiger partial charge >= 0.3 is 0 Å². The van der Waals surface area contributed by atoms with Gasteiger partial charge in [0, 0.05) is 18.7 Å². The lowest BCUT2D eigenvalue weighted by molar-refractivity contribution is 0.0937. The van der Waals surface area contributed by atoms with Crippen molar-refractivity contribution in [3.63, 3.8) is 0 Å². The van der Waals surface area contributed by atoms with E-state index in [0.29, 0.717) is 25.5 Å². The first-order chi connectivity index (χ1) is 9.16. The van der Waals surface area contributed by atoms with Crippen LogP contribution >= 0.6 is 11.6 Å². The van der Waals surface area contributed by atoms with E-state index in [1.165, 1.54) is 0 Å². The van der Waals surface area contributed by atoms with Crippen molar-refractivity contribution >= 4 is 23.3 Å². The minimum absolute atomic E-state index is 0.115. The predicted octanol–water partition coefficient (Wildman–Crippen LogP) is 0.641. The number of ether oxygens (including phenoxy) is 1. The summed E-state index contributed by atoms with van der Waals surface area (Å²) >= 11 is 5.95. The predicted molar refractivity (Wildman–Crippen MR) is 70.7 cm³/mol. The maximum Gasteiger partial charge on any atom is 0.270 e. The van der Waals surface area contributed by atoms with Crippen LogP contribution < -0.4 is 10.2 Å². The second kappa shape index (κ2) is 4.94. The monoisotopic (exact) mass is 282 g/mol. The molecule has 1 amide bonds. The molecule has 1 saturated heterocycles. The maximum absolute atomic E-state index is 11.9. The lowest BCUT2D eigenvalue weighted by Crippen LogP contribution is -2.45. The Labute approximate surface area is 116 Å². The molecule has 3 heterocycles. The van der Waals surface area contributed by atoms with Crippen LogP contribution in [0.4, 0.5) is 5.82 Å².